The van der Waals surface area contributed by atoms with Crippen molar-refractivity contribution in [3.63, 3.8) is 0 Å². The molecule has 0 radical (unpaired) electrons. The van der Waals surface area contributed by atoms with Crippen LogP contribution in [0, 0.1) is 5.92 Å². The van der Waals surface area contributed by atoms with E-state index in [0.717, 1.165) is 12.5 Å². The second-order valence-corrected chi connectivity index (χ2v) is 6.40. The van der Waals surface area contributed by atoms with Crippen LogP contribution < -0.4 is 5.32 Å². The molecule has 0 aromatic heterocycles. The fourth-order valence-corrected chi connectivity index (χ4v) is 2.88. The summed E-state index contributed by atoms with van der Waals surface area (Å²) in [4.78, 5) is 13.5. The van der Waals surface area contributed by atoms with Crippen LogP contribution >= 0.6 is 0 Å². The summed E-state index contributed by atoms with van der Waals surface area (Å²) in [5.74, 6) is 0.124. The largest absolute Gasteiger partial charge is 0.480 e. The lowest BCUT2D eigenvalue weighted by atomic mass is 9.86. The summed E-state index contributed by atoms with van der Waals surface area (Å²) < 4.78 is 0. The summed E-state index contributed by atoms with van der Waals surface area (Å²) in [6.07, 6.45) is 5.80. The Balaban J connectivity index is 2.34. The van der Waals surface area contributed by atoms with Crippen LogP contribution in [-0.4, -0.2) is 47.7 Å². The quantitative estimate of drug-likeness (QED) is 0.745. The Morgan fingerprint density at radius 3 is 2.37 bits per heavy atom. The van der Waals surface area contributed by atoms with Gasteiger partial charge in [0.25, 0.3) is 0 Å². The van der Waals surface area contributed by atoms with E-state index in [2.05, 4.69) is 24.2 Å². The molecular formula is C15H30N2O2. The Hall–Kier alpha value is -0.610. The Kier molecular flexibility index (Phi) is 6.80. The van der Waals surface area contributed by atoms with Gasteiger partial charge in [0.05, 0.1) is 0 Å². The minimum absolute atomic E-state index is 0.210. The standard InChI is InChI=1S/C15H30N2O2/c1-11(2)16-14(15(18)19)9-10-17(4)13-7-5-12(3)6-8-13/h11-14,16H,5-10H2,1-4H3,(H,18,19). The summed E-state index contributed by atoms with van der Waals surface area (Å²) in [6.45, 7) is 7.16. The van der Waals surface area contributed by atoms with E-state index in [1.54, 1.807) is 0 Å². The van der Waals surface area contributed by atoms with Crippen molar-refractivity contribution in [3.05, 3.63) is 0 Å². The molecule has 1 unspecified atom stereocenters. The molecule has 1 aliphatic carbocycles. The topological polar surface area (TPSA) is 52.6 Å². The molecule has 1 aliphatic rings. The summed E-state index contributed by atoms with van der Waals surface area (Å²) in [7, 11) is 2.13. The van der Waals surface area contributed by atoms with Gasteiger partial charge in [0, 0.05) is 18.6 Å². The van der Waals surface area contributed by atoms with Crippen LogP contribution in [0.2, 0.25) is 0 Å². The van der Waals surface area contributed by atoms with Crippen molar-refractivity contribution < 1.29 is 9.90 Å². The van der Waals surface area contributed by atoms with Crippen molar-refractivity contribution in [2.45, 2.75) is 71.0 Å². The van der Waals surface area contributed by atoms with Crippen molar-refractivity contribution >= 4 is 5.97 Å². The van der Waals surface area contributed by atoms with Gasteiger partial charge in [-0.2, -0.15) is 0 Å². The molecule has 0 aliphatic heterocycles. The molecule has 0 aromatic rings. The van der Waals surface area contributed by atoms with Gasteiger partial charge in [-0.15, -0.1) is 0 Å². The van der Waals surface area contributed by atoms with Gasteiger partial charge in [0.2, 0.25) is 0 Å². The van der Waals surface area contributed by atoms with E-state index < -0.39 is 12.0 Å². The zero-order valence-electron chi connectivity index (χ0n) is 12.9. The molecule has 0 bridgehead atoms. The Bertz CT molecular complexity index is 273. The first-order valence-corrected chi connectivity index (χ1v) is 7.59. The summed E-state index contributed by atoms with van der Waals surface area (Å²) in [5, 5.41) is 12.3. The first kappa shape index (κ1) is 16.4. The van der Waals surface area contributed by atoms with Crippen LogP contribution in [0.1, 0.15) is 52.9 Å². The van der Waals surface area contributed by atoms with Crippen molar-refractivity contribution in [2.24, 2.45) is 5.92 Å². The van der Waals surface area contributed by atoms with E-state index in [4.69, 9.17) is 0 Å². The summed E-state index contributed by atoms with van der Waals surface area (Å²) in [5.41, 5.74) is 0. The number of hydrogen-bond acceptors (Lipinski definition) is 3. The van der Waals surface area contributed by atoms with Gasteiger partial charge in [-0.25, -0.2) is 0 Å². The molecule has 1 rings (SSSR count). The average molecular weight is 270 g/mol. The number of hydrogen-bond donors (Lipinski definition) is 2. The molecule has 1 atom stereocenters. The summed E-state index contributed by atoms with van der Waals surface area (Å²) >= 11 is 0. The highest BCUT2D eigenvalue weighted by molar-refractivity contribution is 5.73. The number of carboxylic acid groups (broad SMARTS) is 1. The predicted octanol–water partition coefficient (Wildman–Crippen LogP) is 2.34. The van der Waals surface area contributed by atoms with Crippen LogP contribution in [0.25, 0.3) is 0 Å². The lowest BCUT2D eigenvalue weighted by molar-refractivity contribution is -0.140. The van der Waals surface area contributed by atoms with Crippen molar-refractivity contribution in [3.8, 4) is 0 Å². The molecule has 0 spiro atoms. The minimum atomic E-state index is -0.737. The SMILES string of the molecule is CC1CCC(N(C)CCC(NC(C)C)C(=O)O)CC1. The zero-order valence-corrected chi connectivity index (χ0v) is 12.9. The normalized spacial score (nSPS) is 25.8. The molecule has 0 heterocycles. The van der Waals surface area contributed by atoms with Gasteiger partial charge in [0.1, 0.15) is 6.04 Å². The Morgan fingerprint density at radius 2 is 1.89 bits per heavy atom. The number of nitrogens with zero attached hydrogens (tertiary/aromatic N) is 1. The zero-order chi connectivity index (χ0) is 14.4. The molecule has 112 valence electrons. The van der Waals surface area contributed by atoms with Crippen molar-refractivity contribution in [1.29, 1.82) is 0 Å². The maximum Gasteiger partial charge on any atom is 0.320 e. The molecule has 2 N–H and O–H groups in total. The van der Waals surface area contributed by atoms with Crippen LogP contribution in [0.15, 0.2) is 0 Å². The molecule has 4 nitrogen and oxygen atoms in total. The third kappa shape index (κ3) is 5.91. The van der Waals surface area contributed by atoms with Crippen LogP contribution in [0.5, 0.6) is 0 Å². The highest BCUT2D eigenvalue weighted by Crippen LogP contribution is 2.26. The van der Waals surface area contributed by atoms with E-state index >= 15 is 0 Å². The molecular weight excluding hydrogens is 240 g/mol. The van der Waals surface area contributed by atoms with Crippen molar-refractivity contribution in [1.82, 2.24) is 10.2 Å². The Labute approximate surface area is 117 Å². The molecule has 0 amide bonds. The second-order valence-electron chi connectivity index (χ2n) is 6.40. The van der Waals surface area contributed by atoms with Gasteiger partial charge >= 0.3 is 5.97 Å². The maximum atomic E-state index is 11.2. The third-order valence-electron chi connectivity index (χ3n) is 4.21. The molecule has 19 heavy (non-hydrogen) atoms. The van der Waals surface area contributed by atoms with E-state index in [1.807, 2.05) is 13.8 Å². The van der Waals surface area contributed by atoms with E-state index in [0.29, 0.717) is 12.5 Å². The molecule has 0 aromatic carbocycles. The third-order valence-corrected chi connectivity index (χ3v) is 4.21. The summed E-state index contributed by atoms with van der Waals surface area (Å²) in [6, 6.07) is 0.427. The van der Waals surface area contributed by atoms with Crippen LogP contribution in [-0.2, 0) is 4.79 Å². The molecule has 4 heteroatoms. The Morgan fingerprint density at radius 1 is 1.32 bits per heavy atom. The lowest BCUT2D eigenvalue weighted by Gasteiger charge is -2.34. The first-order chi connectivity index (χ1) is 8.90. The smallest absolute Gasteiger partial charge is 0.320 e. The van der Waals surface area contributed by atoms with E-state index in [9.17, 15) is 9.90 Å². The van der Waals surface area contributed by atoms with E-state index in [-0.39, 0.29) is 6.04 Å². The number of carboxylic acids is 1. The minimum Gasteiger partial charge on any atom is -0.480 e. The number of carbonyl (C=O) groups is 1. The molecule has 1 saturated carbocycles. The van der Waals surface area contributed by atoms with E-state index in [1.165, 1.54) is 25.7 Å². The fourth-order valence-electron chi connectivity index (χ4n) is 2.88. The van der Waals surface area contributed by atoms with Crippen molar-refractivity contribution in [2.75, 3.05) is 13.6 Å². The van der Waals surface area contributed by atoms with Crippen LogP contribution in [0.4, 0.5) is 0 Å². The molecule has 0 saturated heterocycles. The number of rotatable bonds is 7. The number of aliphatic carboxylic acids is 1. The van der Waals surface area contributed by atoms with Crippen LogP contribution in [0.3, 0.4) is 0 Å². The van der Waals surface area contributed by atoms with Gasteiger partial charge in [-0.3, -0.25) is 4.79 Å². The first-order valence-electron chi connectivity index (χ1n) is 7.59. The monoisotopic (exact) mass is 270 g/mol. The number of nitrogens with one attached hydrogen (secondary N) is 1. The highest BCUT2D eigenvalue weighted by Gasteiger charge is 2.24. The van der Waals surface area contributed by atoms with Gasteiger partial charge in [-0.1, -0.05) is 20.8 Å². The maximum absolute atomic E-state index is 11.2. The van der Waals surface area contributed by atoms with Gasteiger partial charge in [-0.05, 0) is 45.1 Å². The molecule has 1 fully saturated rings. The fraction of sp³-hybridized carbons (Fsp3) is 0.933. The second kappa shape index (κ2) is 7.85. The lowest BCUT2D eigenvalue weighted by Crippen LogP contribution is -2.44. The highest BCUT2D eigenvalue weighted by atomic mass is 16.4. The van der Waals surface area contributed by atoms with Gasteiger partial charge < -0.3 is 15.3 Å². The van der Waals surface area contributed by atoms with Gasteiger partial charge in [0.15, 0.2) is 0 Å². The average Bonchev–Trinajstić information content (AvgIpc) is 2.34. The predicted molar refractivity (Wildman–Crippen MR) is 78.4 cm³/mol.